The van der Waals surface area contributed by atoms with Gasteiger partial charge in [-0.15, -0.1) is 0 Å². The molecule has 1 atom stereocenters. The van der Waals surface area contributed by atoms with Crippen molar-refractivity contribution in [1.29, 1.82) is 0 Å². The molecule has 0 spiro atoms. The van der Waals surface area contributed by atoms with Gasteiger partial charge in [-0.2, -0.15) is 0 Å². The number of ether oxygens (including phenoxy) is 1. The minimum absolute atomic E-state index is 0.140. The Balaban J connectivity index is 1.98. The zero-order valence-corrected chi connectivity index (χ0v) is 11.3. The predicted molar refractivity (Wildman–Crippen MR) is 74.6 cm³/mol. The fourth-order valence-corrected chi connectivity index (χ4v) is 2.36. The number of carbonyl (C=O) groups is 2. The summed E-state index contributed by atoms with van der Waals surface area (Å²) in [5, 5.41) is 8.96. The molecule has 1 aromatic carbocycles. The van der Waals surface area contributed by atoms with Gasteiger partial charge >= 0.3 is 5.97 Å². The van der Waals surface area contributed by atoms with Crippen LogP contribution in [0.25, 0.3) is 0 Å². The van der Waals surface area contributed by atoms with Gasteiger partial charge in [0.2, 0.25) is 5.91 Å². The van der Waals surface area contributed by atoms with Crippen LogP contribution in [0, 0.1) is 0 Å². The van der Waals surface area contributed by atoms with E-state index in [2.05, 4.69) is 0 Å². The van der Waals surface area contributed by atoms with Gasteiger partial charge in [-0.3, -0.25) is 9.59 Å². The van der Waals surface area contributed by atoms with E-state index in [1.165, 1.54) is 4.90 Å². The Morgan fingerprint density at radius 2 is 2.05 bits per heavy atom. The molecule has 5 nitrogen and oxygen atoms in total. The maximum atomic E-state index is 12.2. The molecule has 1 aliphatic rings. The van der Waals surface area contributed by atoms with Crippen molar-refractivity contribution in [2.24, 2.45) is 0 Å². The Bertz CT molecular complexity index is 454. The van der Waals surface area contributed by atoms with Gasteiger partial charge in [-0.25, -0.2) is 0 Å². The van der Waals surface area contributed by atoms with Crippen LogP contribution >= 0.6 is 0 Å². The molecule has 1 fully saturated rings. The molecular weight excluding hydrogens is 258 g/mol. The second-order valence-electron chi connectivity index (χ2n) is 4.88. The number of amides is 1. The Labute approximate surface area is 118 Å². The molecule has 0 aromatic heterocycles. The highest BCUT2D eigenvalue weighted by atomic mass is 16.5. The van der Waals surface area contributed by atoms with E-state index in [1.807, 2.05) is 6.07 Å². The smallest absolute Gasteiger partial charge is 0.323 e. The Kier molecular flexibility index (Phi) is 5.12. The molecule has 0 bridgehead atoms. The second-order valence-corrected chi connectivity index (χ2v) is 4.88. The molecule has 5 heteroatoms. The SMILES string of the molecule is O=C(O)CN(C(=O)CCC1CCCO1)c1ccccc1. The highest BCUT2D eigenvalue weighted by Gasteiger charge is 2.21. The van der Waals surface area contributed by atoms with Gasteiger partial charge < -0.3 is 14.7 Å². The summed E-state index contributed by atoms with van der Waals surface area (Å²) in [5.74, 6) is -1.19. The summed E-state index contributed by atoms with van der Waals surface area (Å²) in [6.07, 6.45) is 3.13. The largest absolute Gasteiger partial charge is 0.480 e. The van der Waals surface area contributed by atoms with Gasteiger partial charge in [-0.1, -0.05) is 18.2 Å². The molecule has 108 valence electrons. The molecule has 0 saturated carbocycles. The zero-order chi connectivity index (χ0) is 14.4. The summed E-state index contributed by atoms with van der Waals surface area (Å²) in [5.41, 5.74) is 0.618. The minimum atomic E-state index is -1.01. The first-order valence-corrected chi connectivity index (χ1v) is 6.85. The van der Waals surface area contributed by atoms with Crippen LogP contribution < -0.4 is 4.90 Å². The summed E-state index contributed by atoms with van der Waals surface area (Å²) in [4.78, 5) is 24.5. The third-order valence-electron chi connectivity index (χ3n) is 3.37. The molecule has 1 unspecified atom stereocenters. The lowest BCUT2D eigenvalue weighted by Crippen LogP contribution is -2.36. The highest BCUT2D eigenvalue weighted by molar-refractivity contribution is 5.97. The first-order valence-electron chi connectivity index (χ1n) is 6.85. The van der Waals surface area contributed by atoms with Crippen molar-refractivity contribution in [3.05, 3.63) is 30.3 Å². The molecule has 1 aliphatic heterocycles. The number of carboxylic acids is 1. The van der Waals surface area contributed by atoms with Crippen molar-refractivity contribution in [1.82, 2.24) is 0 Å². The van der Waals surface area contributed by atoms with Crippen LogP contribution in [0.4, 0.5) is 5.69 Å². The van der Waals surface area contributed by atoms with E-state index < -0.39 is 5.97 Å². The summed E-state index contributed by atoms with van der Waals surface area (Å²) < 4.78 is 5.48. The lowest BCUT2D eigenvalue weighted by molar-refractivity contribution is -0.136. The van der Waals surface area contributed by atoms with Crippen LogP contribution in [-0.4, -0.2) is 36.2 Å². The number of aliphatic carboxylic acids is 1. The second kappa shape index (κ2) is 7.05. The van der Waals surface area contributed by atoms with Gasteiger partial charge in [0.1, 0.15) is 6.54 Å². The number of hydrogen-bond acceptors (Lipinski definition) is 3. The normalized spacial score (nSPS) is 17.9. The average Bonchev–Trinajstić information content (AvgIpc) is 2.96. The van der Waals surface area contributed by atoms with Crippen molar-refractivity contribution in [2.75, 3.05) is 18.1 Å². The molecule has 1 saturated heterocycles. The van der Waals surface area contributed by atoms with Gasteiger partial charge in [0.05, 0.1) is 6.10 Å². The number of anilines is 1. The van der Waals surface area contributed by atoms with Crippen molar-refractivity contribution < 1.29 is 19.4 Å². The highest BCUT2D eigenvalue weighted by Crippen LogP contribution is 2.19. The number of nitrogens with zero attached hydrogens (tertiary/aromatic N) is 1. The first kappa shape index (κ1) is 14.5. The fourth-order valence-electron chi connectivity index (χ4n) is 2.36. The third-order valence-corrected chi connectivity index (χ3v) is 3.37. The maximum Gasteiger partial charge on any atom is 0.323 e. The van der Waals surface area contributed by atoms with Crippen molar-refractivity contribution >= 4 is 17.6 Å². The number of rotatable bonds is 6. The lowest BCUT2D eigenvalue weighted by Gasteiger charge is -2.21. The molecule has 1 aromatic rings. The predicted octanol–water partition coefficient (Wildman–Crippen LogP) is 2.06. The van der Waals surface area contributed by atoms with Crippen LogP contribution in [-0.2, 0) is 14.3 Å². The monoisotopic (exact) mass is 277 g/mol. The Morgan fingerprint density at radius 3 is 2.65 bits per heavy atom. The topological polar surface area (TPSA) is 66.8 Å². The van der Waals surface area contributed by atoms with Gasteiger partial charge in [0, 0.05) is 18.7 Å². The first-order chi connectivity index (χ1) is 9.66. The molecule has 20 heavy (non-hydrogen) atoms. The van der Waals surface area contributed by atoms with Gasteiger partial charge in [0.25, 0.3) is 0 Å². The van der Waals surface area contributed by atoms with E-state index in [1.54, 1.807) is 24.3 Å². The van der Waals surface area contributed by atoms with E-state index in [0.717, 1.165) is 19.4 Å². The number of para-hydroxylation sites is 1. The molecule has 2 rings (SSSR count). The van der Waals surface area contributed by atoms with Crippen LogP contribution in [0.1, 0.15) is 25.7 Å². The van der Waals surface area contributed by atoms with Crippen molar-refractivity contribution in [3.63, 3.8) is 0 Å². The van der Waals surface area contributed by atoms with E-state index >= 15 is 0 Å². The number of carbonyl (C=O) groups excluding carboxylic acids is 1. The van der Waals surface area contributed by atoms with Crippen LogP contribution in [0.15, 0.2) is 30.3 Å². The maximum absolute atomic E-state index is 12.2. The summed E-state index contributed by atoms with van der Waals surface area (Å²) in [7, 11) is 0. The lowest BCUT2D eigenvalue weighted by atomic mass is 10.1. The van der Waals surface area contributed by atoms with E-state index in [9.17, 15) is 9.59 Å². The molecular formula is C15H19NO4. The molecule has 1 heterocycles. The van der Waals surface area contributed by atoms with E-state index in [-0.39, 0.29) is 18.6 Å². The molecule has 1 N–H and O–H groups in total. The van der Waals surface area contributed by atoms with Crippen LogP contribution in [0.3, 0.4) is 0 Å². The van der Waals surface area contributed by atoms with Gasteiger partial charge in [-0.05, 0) is 31.4 Å². The summed E-state index contributed by atoms with van der Waals surface area (Å²) >= 11 is 0. The summed E-state index contributed by atoms with van der Waals surface area (Å²) in [6.45, 7) is 0.449. The van der Waals surface area contributed by atoms with Crippen molar-refractivity contribution in [2.45, 2.75) is 31.8 Å². The van der Waals surface area contributed by atoms with Crippen LogP contribution in [0.2, 0.25) is 0 Å². The number of carboxylic acid groups (broad SMARTS) is 1. The minimum Gasteiger partial charge on any atom is -0.480 e. The molecule has 1 amide bonds. The molecule has 0 aliphatic carbocycles. The van der Waals surface area contributed by atoms with E-state index in [0.29, 0.717) is 18.5 Å². The third kappa shape index (κ3) is 4.06. The van der Waals surface area contributed by atoms with Gasteiger partial charge in [0.15, 0.2) is 0 Å². The molecule has 0 radical (unpaired) electrons. The van der Waals surface area contributed by atoms with Crippen molar-refractivity contribution in [3.8, 4) is 0 Å². The van der Waals surface area contributed by atoms with Crippen LogP contribution in [0.5, 0.6) is 0 Å². The quantitative estimate of drug-likeness (QED) is 0.864. The van der Waals surface area contributed by atoms with E-state index in [4.69, 9.17) is 9.84 Å². The standard InChI is InChI=1S/C15H19NO4/c17-14(9-8-13-7-4-10-20-13)16(11-15(18)19)12-5-2-1-3-6-12/h1-3,5-6,13H,4,7-11H2,(H,18,19). The number of benzene rings is 1. The number of hydrogen-bond donors (Lipinski definition) is 1. The average molecular weight is 277 g/mol. The Morgan fingerprint density at radius 1 is 1.30 bits per heavy atom. The summed E-state index contributed by atoms with van der Waals surface area (Å²) in [6, 6.07) is 8.90. The fraction of sp³-hybridized carbons (Fsp3) is 0.467. The zero-order valence-electron chi connectivity index (χ0n) is 11.3. The Hall–Kier alpha value is -1.88.